The van der Waals surface area contributed by atoms with Crippen molar-refractivity contribution in [2.24, 2.45) is 0 Å². The van der Waals surface area contributed by atoms with E-state index in [0.717, 1.165) is 29.6 Å². The van der Waals surface area contributed by atoms with Crippen LogP contribution in [0.25, 0.3) is 0 Å². The summed E-state index contributed by atoms with van der Waals surface area (Å²) in [4.78, 5) is 2.16. The van der Waals surface area contributed by atoms with E-state index in [4.69, 9.17) is 4.74 Å². The minimum atomic E-state index is -1.43. The second kappa shape index (κ2) is 6.71. The molecule has 0 amide bonds. The first-order chi connectivity index (χ1) is 12.4. The summed E-state index contributed by atoms with van der Waals surface area (Å²) in [5.41, 5.74) is 2.58. The van der Waals surface area contributed by atoms with Crippen LogP contribution >= 0.6 is 0 Å². The molecule has 0 N–H and O–H groups in total. The molecule has 1 aliphatic rings. The van der Waals surface area contributed by atoms with E-state index in [1.165, 1.54) is 6.07 Å². The van der Waals surface area contributed by atoms with Gasteiger partial charge >= 0.3 is 0 Å². The highest BCUT2D eigenvalue weighted by Gasteiger charge is 2.43. The molecule has 1 aliphatic heterocycles. The molecule has 0 aromatic heterocycles. The standard InChI is InChI=1S/C21H22F3NO/c1-5-18-21(3,12-13-7-9-16(22)20(24)19(13)23)15-11-14(26-4)8-10-17(15)25(18)6-2/h5,7-11H,6,12H2,1-4H3/b18-5-. The lowest BCUT2D eigenvalue weighted by Gasteiger charge is -2.30. The molecule has 138 valence electrons. The van der Waals surface area contributed by atoms with Crippen LogP contribution in [0, 0.1) is 17.5 Å². The Kier molecular flexibility index (Phi) is 4.74. The maximum Gasteiger partial charge on any atom is 0.194 e. The molecule has 0 aliphatic carbocycles. The Bertz CT molecular complexity index is 878. The van der Waals surface area contributed by atoms with Crippen molar-refractivity contribution in [1.82, 2.24) is 0 Å². The van der Waals surface area contributed by atoms with E-state index >= 15 is 0 Å². The van der Waals surface area contributed by atoms with Gasteiger partial charge in [0.15, 0.2) is 17.5 Å². The van der Waals surface area contributed by atoms with Gasteiger partial charge in [-0.15, -0.1) is 0 Å². The van der Waals surface area contributed by atoms with Crippen LogP contribution in [-0.4, -0.2) is 13.7 Å². The number of anilines is 1. The zero-order valence-corrected chi connectivity index (χ0v) is 15.4. The van der Waals surface area contributed by atoms with Gasteiger partial charge in [0, 0.05) is 23.3 Å². The number of likely N-dealkylation sites (N-methyl/N-ethyl adjacent to an activating group) is 1. The van der Waals surface area contributed by atoms with Crippen LogP contribution in [0.15, 0.2) is 42.1 Å². The molecule has 1 unspecified atom stereocenters. The van der Waals surface area contributed by atoms with Gasteiger partial charge in [-0.1, -0.05) is 12.1 Å². The van der Waals surface area contributed by atoms with Crippen molar-refractivity contribution in [3.05, 3.63) is 70.7 Å². The summed E-state index contributed by atoms with van der Waals surface area (Å²) < 4.78 is 46.7. The van der Waals surface area contributed by atoms with Gasteiger partial charge in [-0.05, 0) is 62.6 Å². The van der Waals surface area contributed by atoms with E-state index in [-0.39, 0.29) is 12.0 Å². The average Bonchev–Trinajstić information content (AvgIpc) is 2.89. The van der Waals surface area contributed by atoms with E-state index < -0.39 is 22.9 Å². The number of hydrogen-bond acceptors (Lipinski definition) is 2. The number of ether oxygens (including phenoxy) is 1. The Morgan fingerprint density at radius 1 is 1.12 bits per heavy atom. The molecule has 2 aromatic rings. The van der Waals surface area contributed by atoms with Gasteiger partial charge in [-0.25, -0.2) is 13.2 Å². The van der Waals surface area contributed by atoms with E-state index in [0.29, 0.717) is 5.75 Å². The van der Waals surface area contributed by atoms with Crippen molar-refractivity contribution in [3.8, 4) is 5.75 Å². The lowest BCUT2D eigenvalue weighted by Crippen LogP contribution is -2.31. The second-order valence-electron chi connectivity index (χ2n) is 6.64. The van der Waals surface area contributed by atoms with Crippen LogP contribution in [0.1, 0.15) is 31.9 Å². The topological polar surface area (TPSA) is 12.5 Å². The average molecular weight is 361 g/mol. The summed E-state index contributed by atoms with van der Waals surface area (Å²) in [6, 6.07) is 8.10. The van der Waals surface area contributed by atoms with Crippen molar-refractivity contribution < 1.29 is 17.9 Å². The smallest absolute Gasteiger partial charge is 0.194 e. The number of rotatable bonds is 4. The zero-order valence-electron chi connectivity index (χ0n) is 15.4. The third-order valence-electron chi connectivity index (χ3n) is 5.19. The third kappa shape index (κ3) is 2.66. The molecule has 1 atom stereocenters. The molecule has 2 nitrogen and oxygen atoms in total. The maximum atomic E-state index is 14.3. The molecule has 5 heteroatoms. The highest BCUT2D eigenvalue weighted by Crippen LogP contribution is 2.50. The van der Waals surface area contributed by atoms with Crippen molar-refractivity contribution in [1.29, 1.82) is 0 Å². The summed E-state index contributed by atoms with van der Waals surface area (Å²) in [6.45, 7) is 6.72. The van der Waals surface area contributed by atoms with Crippen LogP contribution < -0.4 is 9.64 Å². The minimum absolute atomic E-state index is 0.150. The number of nitrogens with zero attached hydrogens (tertiary/aromatic N) is 1. The number of methoxy groups -OCH3 is 1. The molecule has 0 bridgehead atoms. The predicted octanol–water partition coefficient (Wildman–Crippen LogP) is 5.36. The summed E-state index contributed by atoms with van der Waals surface area (Å²) in [5, 5.41) is 0. The Hall–Kier alpha value is -2.43. The molecule has 3 rings (SSSR count). The largest absolute Gasteiger partial charge is 0.497 e. The van der Waals surface area contributed by atoms with Gasteiger partial charge in [0.25, 0.3) is 0 Å². The highest BCUT2D eigenvalue weighted by molar-refractivity contribution is 5.72. The number of benzene rings is 2. The fourth-order valence-corrected chi connectivity index (χ4v) is 3.97. The molecular weight excluding hydrogens is 339 g/mol. The minimum Gasteiger partial charge on any atom is -0.497 e. The number of hydrogen-bond donors (Lipinski definition) is 0. The molecule has 0 fully saturated rings. The lowest BCUT2D eigenvalue weighted by molar-refractivity contribution is 0.412. The first-order valence-corrected chi connectivity index (χ1v) is 8.62. The van der Waals surface area contributed by atoms with E-state index in [1.807, 2.05) is 45.0 Å². The monoisotopic (exact) mass is 361 g/mol. The fourth-order valence-electron chi connectivity index (χ4n) is 3.97. The molecule has 26 heavy (non-hydrogen) atoms. The third-order valence-corrected chi connectivity index (χ3v) is 5.19. The van der Waals surface area contributed by atoms with Crippen molar-refractivity contribution in [2.45, 2.75) is 32.6 Å². The first kappa shape index (κ1) is 18.4. The van der Waals surface area contributed by atoms with Crippen molar-refractivity contribution in [3.63, 3.8) is 0 Å². The summed E-state index contributed by atoms with van der Waals surface area (Å²) in [7, 11) is 1.59. The quantitative estimate of drug-likeness (QED) is 0.680. The van der Waals surface area contributed by atoms with Gasteiger partial charge in [-0.3, -0.25) is 0 Å². The Morgan fingerprint density at radius 3 is 2.46 bits per heavy atom. The van der Waals surface area contributed by atoms with Crippen LogP contribution in [0.3, 0.4) is 0 Å². The normalized spacial score (nSPS) is 20.6. The maximum absolute atomic E-state index is 14.3. The van der Waals surface area contributed by atoms with Gasteiger partial charge in [0.1, 0.15) is 5.75 Å². The van der Waals surface area contributed by atoms with Crippen molar-refractivity contribution >= 4 is 5.69 Å². The van der Waals surface area contributed by atoms with Gasteiger partial charge in [0.2, 0.25) is 0 Å². The number of allylic oxidation sites excluding steroid dienone is 2. The second-order valence-corrected chi connectivity index (χ2v) is 6.64. The van der Waals surface area contributed by atoms with Crippen LogP contribution in [0.2, 0.25) is 0 Å². The first-order valence-electron chi connectivity index (χ1n) is 8.62. The summed E-state index contributed by atoms with van der Waals surface area (Å²) >= 11 is 0. The molecule has 2 aromatic carbocycles. The van der Waals surface area contributed by atoms with E-state index in [1.54, 1.807) is 7.11 Å². The number of halogens is 3. The molecule has 1 heterocycles. The van der Waals surface area contributed by atoms with Crippen LogP contribution in [0.4, 0.5) is 18.9 Å². The lowest BCUT2D eigenvalue weighted by atomic mass is 9.76. The Labute approximate surface area is 151 Å². The van der Waals surface area contributed by atoms with Crippen molar-refractivity contribution in [2.75, 3.05) is 18.6 Å². The van der Waals surface area contributed by atoms with Crippen LogP contribution in [-0.2, 0) is 11.8 Å². The highest BCUT2D eigenvalue weighted by atomic mass is 19.2. The zero-order chi connectivity index (χ0) is 19.1. The fraction of sp³-hybridized carbons (Fsp3) is 0.333. The van der Waals surface area contributed by atoms with Gasteiger partial charge < -0.3 is 9.64 Å². The van der Waals surface area contributed by atoms with Crippen LogP contribution in [0.5, 0.6) is 5.75 Å². The molecule has 0 spiro atoms. The summed E-state index contributed by atoms with van der Waals surface area (Å²) in [5.74, 6) is -3.02. The number of fused-ring (bicyclic) bond motifs is 1. The molecule has 0 radical (unpaired) electrons. The summed E-state index contributed by atoms with van der Waals surface area (Å²) in [6.07, 6.45) is 2.21. The van der Waals surface area contributed by atoms with E-state index in [2.05, 4.69) is 4.90 Å². The Balaban J connectivity index is 2.17. The van der Waals surface area contributed by atoms with Gasteiger partial charge in [-0.2, -0.15) is 0 Å². The Morgan fingerprint density at radius 2 is 1.85 bits per heavy atom. The predicted molar refractivity (Wildman–Crippen MR) is 97.1 cm³/mol. The van der Waals surface area contributed by atoms with Gasteiger partial charge in [0.05, 0.1) is 7.11 Å². The molecular formula is C21H22F3NO. The van der Waals surface area contributed by atoms with E-state index in [9.17, 15) is 13.2 Å². The molecule has 0 saturated heterocycles. The SMILES string of the molecule is C/C=C1\N(CC)c2ccc(OC)cc2C1(C)Cc1ccc(F)c(F)c1F. The molecule has 0 saturated carbocycles.